The molecule has 0 aliphatic carbocycles. The van der Waals surface area contributed by atoms with Crippen LogP contribution in [-0.2, 0) is 4.79 Å². The van der Waals surface area contributed by atoms with Crippen LogP contribution < -0.4 is 5.32 Å². The van der Waals surface area contributed by atoms with Gasteiger partial charge in [-0.3, -0.25) is 10.1 Å². The van der Waals surface area contributed by atoms with Crippen LogP contribution in [0.25, 0.3) is 0 Å². The van der Waals surface area contributed by atoms with Crippen molar-refractivity contribution >= 4 is 36.8 Å². The van der Waals surface area contributed by atoms with Gasteiger partial charge in [-0.05, 0) is 6.42 Å². The summed E-state index contributed by atoms with van der Waals surface area (Å²) in [7, 11) is 0. The Hall–Kier alpha value is -0.480. The second-order valence-corrected chi connectivity index (χ2v) is 2.63. The summed E-state index contributed by atoms with van der Waals surface area (Å²) in [6.07, 6.45) is 2.00. The van der Waals surface area contributed by atoms with Gasteiger partial charge in [-0.25, -0.2) is 4.79 Å². The molecule has 13 heavy (non-hydrogen) atoms. The van der Waals surface area contributed by atoms with Gasteiger partial charge in [0.05, 0.1) is 0 Å². The second kappa shape index (κ2) is 6.97. The van der Waals surface area contributed by atoms with Gasteiger partial charge in [0.1, 0.15) is 6.54 Å². The molecule has 0 radical (unpaired) electrons. The predicted molar refractivity (Wildman–Crippen MR) is 54.5 cm³/mol. The molecule has 4 nitrogen and oxygen atoms in total. The molecule has 0 atom stereocenters. The van der Waals surface area contributed by atoms with Gasteiger partial charge in [0, 0.05) is 6.54 Å². The van der Waals surface area contributed by atoms with E-state index in [1.54, 1.807) is 0 Å². The zero-order valence-corrected chi connectivity index (χ0v) is 9.04. The largest absolute Gasteiger partial charge is 0.324 e. The number of halogens is 2. The molecule has 1 saturated heterocycles. The molecule has 0 saturated carbocycles. The molecule has 1 aliphatic heterocycles. The van der Waals surface area contributed by atoms with Gasteiger partial charge < -0.3 is 4.90 Å². The Kier molecular flexibility index (Phi) is 8.05. The maximum absolute atomic E-state index is 10.9. The number of nitrogens with zero attached hydrogens (tertiary/aromatic N) is 1. The molecule has 0 spiro atoms. The Bertz CT molecular complexity index is 187. The molecule has 0 bridgehead atoms. The Balaban J connectivity index is 0. The van der Waals surface area contributed by atoms with E-state index in [0.29, 0.717) is 6.54 Å². The zero-order valence-electron chi connectivity index (χ0n) is 7.41. The highest BCUT2D eigenvalue weighted by Gasteiger charge is 2.25. The molecule has 3 amide bonds. The summed E-state index contributed by atoms with van der Waals surface area (Å²) in [5.41, 5.74) is 0. The van der Waals surface area contributed by atoms with E-state index in [1.165, 1.54) is 4.90 Å². The molecule has 1 fully saturated rings. The minimum Gasteiger partial charge on any atom is -0.315 e. The molecule has 1 heterocycles. The van der Waals surface area contributed by atoms with Crippen LogP contribution in [-0.4, -0.2) is 29.9 Å². The van der Waals surface area contributed by atoms with Gasteiger partial charge in [-0.15, -0.1) is 24.8 Å². The van der Waals surface area contributed by atoms with E-state index in [9.17, 15) is 9.59 Å². The second-order valence-electron chi connectivity index (χ2n) is 2.63. The third-order valence-electron chi connectivity index (χ3n) is 1.65. The summed E-state index contributed by atoms with van der Waals surface area (Å²) in [5.74, 6) is -0.189. The smallest absolute Gasteiger partial charge is 0.315 e. The lowest BCUT2D eigenvalue weighted by molar-refractivity contribution is -0.118. The number of hydrogen-bond donors (Lipinski definition) is 1. The predicted octanol–water partition coefficient (Wildman–Crippen LogP) is 1.18. The van der Waals surface area contributed by atoms with Crippen LogP contribution in [0.5, 0.6) is 0 Å². The minimum atomic E-state index is -0.247. The summed E-state index contributed by atoms with van der Waals surface area (Å²) in [6, 6.07) is -0.247. The van der Waals surface area contributed by atoms with E-state index in [-0.39, 0.29) is 43.3 Å². The van der Waals surface area contributed by atoms with E-state index in [0.717, 1.165) is 12.8 Å². The highest BCUT2D eigenvalue weighted by Crippen LogP contribution is 2.00. The maximum atomic E-state index is 10.9. The standard InChI is InChI=1S/C7H12N2O2.2ClH/c1-2-3-4-9-5-6(10)8-7(9)11;;/h2-5H2,1H3,(H,8,10,11);2*1H. The monoisotopic (exact) mass is 228 g/mol. The number of amides is 3. The van der Waals surface area contributed by atoms with Crippen molar-refractivity contribution in [2.24, 2.45) is 0 Å². The zero-order chi connectivity index (χ0) is 8.27. The summed E-state index contributed by atoms with van der Waals surface area (Å²) < 4.78 is 0. The van der Waals surface area contributed by atoms with Crippen LogP contribution in [0.3, 0.4) is 0 Å². The molecule has 0 unspecified atom stereocenters. The van der Waals surface area contributed by atoms with Crippen molar-refractivity contribution in [3.05, 3.63) is 0 Å². The first kappa shape index (κ1) is 15.0. The van der Waals surface area contributed by atoms with E-state index in [4.69, 9.17) is 0 Å². The number of imide groups is 1. The molecule has 0 aromatic carbocycles. The molecular formula is C7H14Cl2N2O2. The number of carbonyl (C=O) groups excluding carboxylic acids is 2. The molecule has 1 rings (SSSR count). The normalized spacial score (nSPS) is 14.7. The molecule has 1 N–H and O–H groups in total. The van der Waals surface area contributed by atoms with Gasteiger partial charge in [0.2, 0.25) is 5.91 Å². The van der Waals surface area contributed by atoms with Crippen LogP contribution >= 0.6 is 24.8 Å². The van der Waals surface area contributed by atoms with E-state index in [2.05, 4.69) is 12.2 Å². The number of nitrogens with one attached hydrogen (secondary N) is 1. The van der Waals surface area contributed by atoms with Crippen molar-refractivity contribution in [2.75, 3.05) is 13.1 Å². The third kappa shape index (κ3) is 4.33. The average molecular weight is 229 g/mol. The maximum Gasteiger partial charge on any atom is 0.324 e. The summed E-state index contributed by atoms with van der Waals surface area (Å²) in [4.78, 5) is 23.1. The van der Waals surface area contributed by atoms with Gasteiger partial charge >= 0.3 is 6.03 Å². The van der Waals surface area contributed by atoms with Gasteiger partial charge in [0.15, 0.2) is 0 Å². The van der Waals surface area contributed by atoms with Crippen LogP contribution in [0, 0.1) is 0 Å². The number of carbonyl (C=O) groups is 2. The van der Waals surface area contributed by atoms with Crippen molar-refractivity contribution in [1.82, 2.24) is 10.2 Å². The minimum absolute atomic E-state index is 0. The summed E-state index contributed by atoms with van der Waals surface area (Å²) in [6.45, 7) is 2.97. The molecule has 78 valence electrons. The van der Waals surface area contributed by atoms with E-state index >= 15 is 0 Å². The molecule has 6 heteroatoms. The Morgan fingerprint density at radius 3 is 2.38 bits per heavy atom. The van der Waals surface area contributed by atoms with Crippen LogP contribution in [0.15, 0.2) is 0 Å². The SMILES string of the molecule is CCCCN1CC(=O)NC1=O.Cl.Cl. The Labute approximate surface area is 89.9 Å². The topological polar surface area (TPSA) is 49.4 Å². The fraction of sp³-hybridized carbons (Fsp3) is 0.714. The molecular weight excluding hydrogens is 215 g/mol. The first-order valence-electron chi connectivity index (χ1n) is 3.82. The fourth-order valence-corrected chi connectivity index (χ4v) is 1.01. The number of urea groups is 1. The molecule has 0 aromatic heterocycles. The van der Waals surface area contributed by atoms with E-state index < -0.39 is 0 Å². The van der Waals surface area contributed by atoms with Crippen molar-refractivity contribution < 1.29 is 9.59 Å². The fourth-order valence-electron chi connectivity index (χ4n) is 1.01. The first-order valence-corrected chi connectivity index (χ1v) is 3.82. The van der Waals surface area contributed by atoms with Crippen molar-refractivity contribution in [3.63, 3.8) is 0 Å². The van der Waals surface area contributed by atoms with Crippen molar-refractivity contribution in [1.29, 1.82) is 0 Å². The summed E-state index contributed by atoms with van der Waals surface area (Å²) >= 11 is 0. The van der Waals surface area contributed by atoms with Crippen LogP contribution in [0.4, 0.5) is 4.79 Å². The number of rotatable bonds is 3. The van der Waals surface area contributed by atoms with Crippen molar-refractivity contribution in [3.8, 4) is 0 Å². The van der Waals surface area contributed by atoms with Crippen LogP contribution in [0.1, 0.15) is 19.8 Å². The lowest BCUT2D eigenvalue weighted by Gasteiger charge is -2.10. The Morgan fingerprint density at radius 1 is 1.38 bits per heavy atom. The summed E-state index contributed by atoms with van der Waals surface area (Å²) in [5, 5.41) is 2.22. The highest BCUT2D eigenvalue weighted by atomic mass is 35.5. The quantitative estimate of drug-likeness (QED) is 0.739. The first-order chi connectivity index (χ1) is 5.24. The third-order valence-corrected chi connectivity index (χ3v) is 1.65. The average Bonchev–Trinajstić information content (AvgIpc) is 2.26. The number of unbranched alkanes of at least 4 members (excludes halogenated alkanes) is 1. The lowest BCUT2D eigenvalue weighted by Crippen LogP contribution is -2.28. The van der Waals surface area contributed by atoms with Crippen LogP contribution in [0.2, 0.25) is 0 Å². The highest BCUT2D eigenvalue weighted by molar-refractivity contribution is 6.01. The molecule has 0 aromatic rings. The van der Waals surface area contributed by atoms with Crippen molar-refractivity contribution in [2.45, 2.75) is 19.8 Å². The van der Waals surface area contributed by atoms with Gasteiger partial charge in [0.25, 0.3) is 0 Å². The Morgan fingerprint density at radius 2 is 2.00 bits per heavy atom. The number of hydrogen-bond acceptors (Lipinski definition) is 2. The van der Waals surface area contributed by atoms with Gasteiger partial charge in [-0.2, -0.15) is 0 Å². The lowest BCUT2D eigenvalue weighted by atomic mass is 10.3. The van der Waals surface area contributed by atoms with Gasteiger partial charge in [-0.1, -0.05) is 13.3 Å². The molecule has 1 aliphatic rings. The van der Waals surface area contributed by atoms with E-state index in [1.807, 2.05) is 0 Å².